The Bertz CT molecular complexity index is 921. The van der Waals surface area contributed by atoms with E-state index < -0.39 is 14.6 Å². The smallest absolute Gasteiger partial charge is 0.184 e. The Hall–Kier alpha value is -1.92. The molecule has 1 aliphatic carbocycles. The van der Waals surface area contributed by atoms with Crippen LogP contribution in [-0.2, 0) is 9.84 Å². The lowest BCUT2D eigenvalue weighted by atomic mass is 9.81. The molecule has 2 aliphatic rings. The molecule has 4 rings (SSSR count). The third-order valence-corrected chi connectivity index (χ3v) is 9.21. The van der Waals surface area contributed by atoms with Gasteiger partial charge >= 0.3 is 0 Å². The Kier molecular flexibility index (Phi) is 5.93. The second kappa shape index (κ2) is 8.44. The molecule has 0 radical (unpaired) electrons. The summed E-state index contributed by atoms with van der Waals surface area (Å²) >= 11 is 0. The summed E-state index contributed by atoms with van der Waals surface area (Å²) in [5.41, 5.74) is 0.675. The van der Waals surface area contributed by atoms with Gasteiger partial charge in [-0.3, -0.25) is 4.90 Å². The lowest BCUT2D eigenvalue weighted by molar-refractivity contribution is 0.233. The number of anilines is 1. The predicted octanol–water partition coefficient (Wildman–Crippen LogP) is 4.12. The van der Waals surface area contributed by atoms with Gasteiger partial charge in [-0.15, -0.1) is 0 Å². The Morgan fingerprint density at radius 1 is 0.897 bits per heavy atom. The van der Waals surface area contributed by atoms with Crippen LogP contribution in [0.25, 0.3) is 0 Å². The quantitative estimate of drug-likeness (QED) is 0.681. The van der Waals surface area contributed by atoms with E-state index in [9.17, 15) is 12.8 Å². The van der Waals surface area contributed by atoms with Gasteiger partial charge in [0.25, 0.3) is 0 Å². The molecule has 0 spiro atoms. The summed E-state index contributed by atoms with van der Waals surface area (Å²) in [6.45, 7) is 4.26. The molecule has 0 bridgehead atoms. The monoisotopic (exact) mass is 416 g/mol. The number of halogens is 1. The van der Waals surface area contributed by atoms with Gasteiger partial charge in [-0.1, -0.05) is 36.8 Å². The first kappa shape index (κ1) is 20.4. The van der Waals surface area contributed by atoms with E-state index in [2.05, 4.69) is 9.80 Å². The van der Waals surface area contributed by atoms with Gasteiger partial charge in [0.1, 0.15) is 5.82 Å². The summed E-state index contributed by atoms with van der Waals surface area (Å²) in [6.07, 6.45) is 4.13. The van der Waals surface area contributed by atoms with E-state index in [1.165, 1.54) is 6.07 Å². The average Bonchev–Trinajstić information content (AvgIpc) is 2.71. The molecule has 1 aliphatic heterocycles. The van der Waals surface area contributed by atoms with E-state index in [1.54, 1.807) is 30.3 Å². The highest BCUT2D eigenvalue weighted by Crippen LogP contribution is 2.46. The zero-order chi connectivity index (χ0) is 20.3. The van der Waals surface area contributed by atoms with E-state index in [0.717, 1.165) is 64.8 Å². The molecule has 4 nitrogen and oxygen atoms in total. The lowest BCUT2D eigenvalue weighted by Gasteiger charge is -2.42. The summed E-state index contributed by atoms with van der Waals surface area (Å²) in [6, 6.07) is 15.8. The van der Waals surface area contributed by atoms with E-state index >= 15 is 0 Å². The number of hydrogen-bond donors (Lipinski definition) is 0. The van der Waals surface area contributed by atoms with Crippen LogP contribution in [0.4, 0.5) is 10.1 Å². The van der Waals surface area contributed by atoms with Crippen LogP contribution in [-0.4, -0.2) is 50.8 Å². The third kappa shape index (κ3) is 4.05. The van der Waals surface area contributed by atoms with Crippen molar-refractivity contribution in [3.8, 4) is 0 Å². The van der Waals surface area contributed by atoms with Crippen LogP contribution < -0.4 is 4.90 Å². The van der Waals surface area contributed by atoms with Crippen LogP contribution in [0, 0.1) is 5.82 Å². The van der Waals surface area contributed by atoms with E-state index in [4.69, 9.17) is 0 Å². The van der Waals surface area contributed by atoms with Gasteiger partial charge in [0.05, 0.1) is 15.3 Å². The molecule has 0 atom stereocenters. The molecule has 1 heterocycles. The SMILES string of the molecule is O=S(=O)(c1ccccc1)C1(CCCN2CCN(c3ccccc3F)CC2)CCC1. The van der Waals surface area contributed by atoms with Gasteiger partial charge in [0, 0.05) is 26.2 Å². The summed E-state index contributed by atoms with van der Waals surface area (Å²) in [4.78, 5) is 4.93. The van der Waals surface area contributed by atoms with Crippen LogP contribution in [0.15, 0.2) is 59.5 Å². The number of rotatable bonds is 7. The molecule has 29 heavy (non-hydrogen) atoms. The van der Waals surface area contributed by atoms with Gasteiger partial charge in [0.2, 0.25) is 0 Å². The van der Waals surface area contributed by atoms with Gasteiger partial charge in [-0.05, 0) is 56.5 Å². The topological polar surface area (TPSA) is 40.6 Å². The Morgan fingerprint density at radius 3 is 2.17 bits per heavy atom. The van der Waals surface area contributed by atoms with Crippen LogP contribution in [0.2, 0.25) is 0 Å². The summed E-state index contributed by atoms with van der Waals surface area (Å²) in [5.74, 6) is -0.168. The van der Waals surface area contributed by atoms with Crippen LogP contribution in [0.1, 0.15) is 32.1 Å². The van der Waals surface area contributed by atoms with E-state index in [-0.39, 0.29) is 5.82 Å². The maximum atomic E-state index is 14.0. The first-order chi connectivity index (χ1) is 14.0. The molecule has 6 heteroatoms. The largest absolute Gasteiger partial charge is 0.367 e. The molecule has 0 N–H and O–H groups in total. The Balaban J connectivity index is 1.31. The van der Waals surface area contributed by atoms with Crippen molar-refractivity contribution >= 4 is 15.5 Å². The molecule has 1 saturated heterocycles. The fourth-order valence-corrected chi connectivity index (χ4v) is 6.87. The zero-order valence-electron chi connectivity index (χ0n) is 16.8. The van der Waals surface area contributed by atoms with Gasteiger partial charge in [-0.25, -0.2) is 12.8 Å². The minimum Gasteiger partial charge on any atom is -0.367 e. The Morgan fingerprint density at radius 2 is 1.55 bits per heavy atom. The van der Waals surface area contributed by atoms with E-state index in [0.29, 0.717) is 10.6 Å². The number of nitrogens with zero attached hydrogens (tertiary/aromatic N) is 2. The number of sulfone groups is 1. The molecule has 2 fully saturated rings. The molecular weight excluding hydrogens is 387 g/mol. The van der Waals surface area contributed by atoms with Gasteiger partial charge in [0.15, 0.2) is 9.84 Å². The predicted molar refractivity (Wildman–Crippen MR) is 114 cm³/mol. The van der Waals surface area contributed by atoms with Crippen LogP contribution in [0.5, 0.6) is 0 Å². The normalized spacial score (nSPS) is 19.7. The second-order valence-electron chi connectivity index (χ2n) is 8.24. The number of piperazine rings is 1. The highest BCUT2D eigenvalue weighted by molar-refractivity contribution is 7.93. The van der Waals surface area contributed by atoms with Gasteiger partial charge in [-0.2, -0.15) is 0 Å². The molecule has 156 valence electrons. The highest BCUT2D eigenvalue weighted by Gasteiger charge is 2.48. The van der Waals surface area contributed by atoms with Crippen molar-refractivity contribution in [3.63, 3.8) is 0 Å². The first-order valence-corrected chi connectivity index (χ1v) is 12.0. The minimum atomic E-state index is -3.28. The maximum absolute atomic E-state index is 14.0. The van der Waals surface area contributed by atoms with E-state index in [1.807, 2.05) is 18.2 Å². The molecule has 0 unspecified atom stereocenters. The third-order valence-electron chi connectivity index (χ3n) is 6.56. The zero-order valence-corrected chi connectivity index (χ0v) is 17.6. The summed E-state index contributed by atoms with van der Waals surface area (Å²) in [5, 5.41) is 0. The van der Waals surface area contributed by atoms with Crippen molar-refractivity contribution in [2.24, 2.45) is 0 Å². The second-order valence-corrected chi connectivity index (χ2v) is 10.6. The van der Waals surface area contributed by atoms with Gasteiger partial charge < -0.3 is 4.90 Å². The summed E-state index contributed by atoms with van der Waals surface area (Å²) in [7, 11) is -3.28. The number of benzene rings is 2. The van der Waals surface area contributed by atoms with Crippen LogP contribution in [0.3, 0.4) is 0 Å². The van der Waals surface area contributed by atoms with Crippen molar-refractivity contribution < 1.29 is 12.8 Å². The average molecular weight is 417 g/mol. The van der Waals surface area contributed by atoms with Crippen molar-refractivity contribution in [1.82, 2.24) is 4.90 Å². The first-order valence-electron chi connectivity index (χ1n) is 10.5. The summed E-state index contributed by atoms with van der Waals surface area (Å²) < 4.78 is 39.8. The highest BCUT2D eigenvalue weighted by atomic mass is 32.2. The van der Waals surface area contributed by atoms with Crippen LogP contribution >= 0.6 is 0 Å². The fourth-order valence-electron chi connectivity index (χ4n) is 4.62. The lowest BCUT2D eigenvalue weighted by Crippen LogP contribution is -2.48. The molecule has 1 saturated carbocycles. The van der Waals surface area contributed by atoms with Crippen molar-refractivity contribution in [3.05, 3.63) is 60.4 Å². The van der Waals surface area contributed by atoms with Crippen molar-refractivity contribution in [2.75, 3.05) is 37.6 Å². The fraction of sp³-hybridized carbons (Fsp3) is 0.478. The number of para-hydroxylation sites is 1. The molecule has 0 amide bonds. The number of hydrogen-bond acceptors (Lipinski definition) is 4. The maximum Gasteiger partial charge on any atom is 0.184 e. The minimum absolute atomic E-state index is 0.168. The van der Waals surface area contributed by atoms with Crippen molar-refractivity contribution in [1.29, 1.82) is 0 Å². The molecule has 2 aromatic carbocycles. The van der Waals surface area contributed by atoms with Crippen molar-refractivity contribution in [2.45, 2.75) is 41.7 Å². The molecule has 0 aromatic heterocycles. The Labute approximate surface area is 173 Å². The molecular formula is C23H29FN2O2S. The standard InChI is InChI=1S/C23H29FN2O2S/c24-21-10-4-5-11-22(21)26-18-16-25(17-19-26)15-7-14-23(12-6-13-23)29(27,28)20-8-2-1-3-9-20/h1-5,8-11H,6-7,12-19H2. The molecule has 2 aromatic rings.